The standard InChI is InChI=1S/C14H18ClN3/c1-3-8-18-14(6-7-17-18)13-9-12(15)5-4-11(13)10-16-2/h4-7,9,16H,3,8,10H2,1-2H3. The van der Waals surface area contributed by atoms with Gasteiger partial charge in [-0.15, -0.1) is 0 Å². The summed E-state index contributed by atoms with van der Waals surface area (Å²) in [5, 5.41) is 8.31. The van der Waals surface area contributed by atoms with Gasteiger partial charge in [0.05, 0.1) is 5.69 Å². The molecule has 0 aliphatic rings. The first-order valence-electron chi connectivity index (χ1n) is 6.21. The van der Waals surface area contributed by atoms with E-state index >= 15 is 0 Å². The molecule has 0 fully saturated rings. The highest BCUT2D eigenvalue weighted by molar-refractivity contribution is 6.30. The van der Waals surface area contributed by atoms with E-state index in [1.165, 1.54) is 5.56 Å². The second-order valence-corrected chi connectivity index (χ2v) is 4.71. The van der Waals surface area contributed by atoms with Crippen LogP contribution in [0.3, 0.4) is 0 Å². The van der Waals surface area contributed by atoms with Crippen molar-refractivity contribution in [2.75, 3.05) is 7.05 Å². The van der Waals surface area contributed by atoms with Gasteiger partial charge in [-0.3, -0.25) is 4.68 Å². The maximum atomic E-state index is 6.11. The van der Waals surface area contributed by atoms with Crippen molar-refractivity contribution >= 4 is 11.6 Å². The Hall–Kier alpha value is -1.32. The Balaban J connectivity index is 2.47. The molecule has 1 aromatic carbocycles. The summed E-state index contributed by atoms with van der Waals surface area (Å²) in [7, 11) is 1.95. The van der Waals surface area contributed by atoms with Crippen LogP contribution in [-0.4, -0.2) is 16.8 Å². The van der Waals surface area contributed by atoms with Crippen molar-refractivity contribution in [1.29, 1.82) is 0 Å². The molecule has 18 heavy (non-hydrogen) atoms. The Morgan fingerprint density at radius 3 is 2.89 bits per heavy atom. The fraction of sp³-hybridized carbons (Fsp3) is 0.357. The van der Waals surface area contributed by atoms with Gasteiger partial charge in [-0.1, -0.05) is 24.6 Å². The van der Waals surface area contributed by atoms with E-state index in [1.807, 2.05) is 36.1 Å². The van der Waals surface area contributed by atoms with Gasteiger partial charge in [-0.05, 0) is 37.2 Å². The summed E-state index contributed by atoms with van der Waals surface area (Å²) in [6, 6.07) is 8.05. The van der Waals surface area contributed by atoms with Crippen LogP contribution in [0.5, 0.6) is 0 Å². The molecule has 0 saturated carbocycles. The van der Waals surface area contributed by atoms with Crippen molar-refractivity contribution in [2.24, 2.45) is 0 Å². The Kier molecular flexibility index (Phi) is 4.39. The highest BCUT2D eigenvalue weighted by atomic mass is 35.5. The molecule has 2 rings (SSSR count). The number of rotatable bonds is 5. The summed E-state index contributed by atoms with van der Waals surface area (Å²) in [5.41, 5.74) is 3.52. The van der Waals surface area contributed by atoms with E-state index in [9.17, 15) is 0 Å². The van der Waals surface area contributed by atoms with E-state index in [1.54, 1.807) is 0 Å². The second-order valence-electron chi connectivity index (χ2n) is 4.27. The quantitative estimate of drug-likeness (QED) is 0.897. The molecule has 0 unspecified atom stereocenters. The molecular formula is C14H18ClN3. The van der Waals surface area contributed by atoms with E-state index in [2.05, 4.69) is 23.4 Å². The summed E-state index contributed by atoms with van der Waals surface area (Å²) in [4.78, 5) is 0. The second kappa shape index (κ2) is 6.03. The van der Waals surface area contributed by atoms with Crippen LogP contribution in [0.2, 0.25) is 5.02 Å². The highest BCUT2D eigenvalue weighted by Gasteiger charge is 2.10. The minimum Gasteiger partial charge on any atom is -0.316 e. The smallest absolute Gasteiger partial charge is 0.0685 e. The van der Waals surface area contributed by atoms with Crippen LogP contribution in [-0.2, 0) is 13.1 Å². The van der Waals surface area contributed by atoms with Gasteiger partial charge in [-0.2, -0.15) is 5.10 Å². The lowest BCUT2D eigenvalue weighted by atomic mass is 10.0. The number of hydrogen-bond donors (Lipinski definition) is 1. The summed E-state index contributed by atoms with van der Waals surface area (Å²) in [5.74, 6) is 0. The predicted molar refractivity (Wildman–Crippen MR) is 75.7 cm³/mol. The van der Waals surface area contributed by atoms with Gasteiger partial charge in [0.25, 0.3) is 0 Å². The molecule has 4 heteroatoms. The van der Waals surface area contributed by atoms with Crippen molar-refractivity contribution in [3.63, 3.8) is 0 Å². The van der Waals surface area contributed by atoms with Crippen LogP contribution in [0, 0.1) is 0 Å². The summed E-state index contributed by atoms with van der Waals surface area (Å²) in [6.45, 7) is 3.90. The molecule has 1 aromatic heterocycles. The number of nitrogens with one attached hydrogen (secondary N) is 1. The zero-order valence-corrected chi connectivity index (χ0v) is 11.5. The third-order valence-corrected chi connectivity index (χ3v) is 3.10. The maximum absolute atomic E-state index is 6.11. The Morgan fingerprint density at radius 2 is 2.17 bits per heavy atom. The zero-order valence-electron chi connectivity index (χ0n) is 10.8. The van der Waals surface area contributed by atoms with Crippen LogP contribution in [0.25, 0.3) is 11.3 Å². The first-order valence-corrected chi connectivity index (χ1v) is 6.59. The van der Waals surface area contributed by atoms with Crippen LogP contribution in [0.1, 0.15) is 18.9 Å². The van der Waals surface area contributed by atoms with Gasteiger partial charge in [0, 0.05) is 29.9 Å². The summed E-state index contributed by atoms with van der Waals surface area (Å²) in [6.07, 6.45) is 2.91. The number of aromatic nitrogens is 2. The average molecular weight is 264 g/mol. The highest BCUT2D eigenvalue weighted by Crippen LogP contribution is 2.27. The van der Waals surface area contributed by atoms with E-state index in [-0.39, 0.29) is 0 Å². The topological polar surface area (TPSA) is 29.9 Å². The molecule has 0 saturated heterocycles. The van der Waals surface area contributed by atoms with Gasteiger partial charge < -0.3 is 5.32 Å². The number of hydrogen-bond acceptors (Lipinski definition) is 2. The Morgan fingerprint density at radius 1 is 1.33 bits per heavy atom. The first kappa shape index (κ1) is 13.1. The SMILES string of the molecule is CCCn1nccc1-c1cc(Cl)ccc1CNC. The molecule has 96 valence electrons. The third kappa shape index (κ3) is 2.74. The van der Waals surface area contributed by atoms with Crippen LogP contribution < -0.4 is 5.32 Å². The molecular weight excluding hydrogens is 246 g/mol. The van der Waals surface area contributed by atoms with Gasteiger partial charge in [0.15, 0.2) is 0 Å². The lowest BCUT2D eigenvalue weighted by Crippen LogP contribution is -2.08. The minimum absolute atomic E-state index is 0.758. The Labute approximate surface area is 113 Å². The largest absolute Gasteiger partial charge is 0.316 e. The van der Waals surface area contributed by atoms with Crippen LogP contribution in [0.15, 0.2) is 30.5 Å². The van der Waals surface area contributed by atoms with E-state index < -0.39 is 0 Å². The van der Waals surface area contributed by atoms with E-state index in [4.69, 9.17) is 11.6 Å². The van der Waals surface area contributed by atoms with Crippen molar-refractivity contribution in [3.8, 4) is 11.3 Å². The number of benzene rings is 1. The molecule has 0 radical (unpaired) electrons. The molecule has 0 aliphatic heterocycles. The van der Waals surface area contributed by atoms with Gasteiger partial charge >= 0.3 is 0 Å². The summed E-state index contributed by atoms with van der Waals surface area (Å²) < 4.78 is 2.03. The van der Waals surface area contributed by atoms with Crippen LogP contribution >= 0.6 is 11.6 Å². The van der Waals surface area contributed by atoms with E-state index in [0.29, 0.717) is 0 Å². The molecule has 3 nitrogen and oxygen atoms in total. The Bertz CT molecular complexity index is 520. The van der Waals surface area contributed by atoms with Crippen molar-refractivity contribution in [3.05, 3.63) is 41.0 Å². The zero-order chi connectivity index (χ0) is 13.0. The fourth-order valence-corrected chi connectivity index (χ4v) is 2.26. The molecule has 0 spiro atoms. The summed E-state index contributed by atoms with van der Waals surface area (Å²) >= 11 is 6.11. The molecule has 1 heterocycles. The van der Waals surface area contributed by atoms with E-state index in [0.717, 1.165) is 35.8 Å². The lowest BCUT2D eigenvalue weighted by molar-refractivity contribution is 0.608. The minimum atomic E-state index is 0.758. The first-order chi connectivity index (χ1) is 8.76. The number of aryl methyl sites for hydroxylation is 1. The molecule has 0 aliphatic carbocycles. The van der Waals surface area contributed by atoms with Gasteiger partial charge in [-0.25, -0.2) is 0 Å². The van der Waals surface area contributed by atoms with Gasteiger partial charge in [0.2, 0.25) is 0 Å². The van der Waals surface area contributed by atoms with Crippen LogP contribution in [0.4, 0.5) is 0 Å². The molecule has 0 amide bonds. The van der Waals surface area contributed by atoms with Crippen molar-refractivity contribution < 1.29 is 0 Å². The monoisotopic (exact) mass is 263 g/mol. The molecule has 2 aromatic rings. The number of halogens is 1. The van der Waals surface area contributed by atoms with Crippen molar-refractivity contribution in [2.45, 2.75) is 26.4 Å². The van der Waals surface area contributed by atoms with Gasteiger partial charge in [0.1, 0.15) is 0 Å². The lowest BCUT2D eigenvalue weighted by Gasteiger charge is -2.12. The van der Waals surface area contributed by atoms with Crippen molar-refractivity contribution in [1.82, 2.24) is 15.1 Å². The molecule has 1 N–H and O–H groups in total. The normalized spacial score (nSPS) is 10.8. The molecule has 0 bridgehead atoms. The maximum Gasteiger partial charge on any atom is 0.0685 e. The fourth-order valence-electron chi connectivity index (χ4n) is 2.08. The predicted octanol–water partition coefficient (Wildman–Crippen LogP) is 3.33. The average Bonchev–Trinajstić information content (AvgIpc) is 2.80. The number of nitrogens with zero attached hydrogens (tertiary/aromatic N) is 2. The third-order valence-electron chi connectivity index (χ3n) is 2.87. The molecule has 0 atom stereocenters.